The molecule has 2 aromatic rings. The van der Waals surface area contributed by atoms with Crippen molar-refractivity contribution in [2.24, 2.45) is 0 Å². The molecule has 1 fully saturated rings. The number of hydrogen-bond donors (Lipinski definition) is 0. The molecule has 0 aliphatic carbocycles. The van der Waals surface area contributed by atoms with Crippen molar-refractivity contribution in [3.63, 3.8) is 0 Å². The SMILES string of the molecule is CCCCN1C(=O)/C(=C2/C(=O)N(Cc3ccccc3)c3ccccc32)SC1=S. The first-order chi connectivity index (χ1) is 13.6. The van der Waals surface area contributed by atoms with E-state index >= 15 is 0 Å². The quantitative estimate of drug-likeness (QED) is 0.535. The molecular weight excluding hydrogens is 388 g/mol. The Morgan fingerprint density at radius 3 is 2.39 bits per heavy atom. The van der Waals surface area contributed by atoms with Gasteiger partial charge in [0.15, 0.2) is 0 Å². The van der Waals surface area contributed by atoms with Gasteiger partial charge in [0.2, 0.25) is 0 Å². The van der Waals surface area contributed by atoms with Gasteiger partial charge in [0.1, 0.15) is 4.32 Å². The number of thiocarbonyl (C=S) groups is 1. The molecule has 1 saturated heterocycles. The van der Waals surface area contributed by atoms with E-state index in [1.807, 2.05) is 54.6 Å². The second-order valence-electron chi connectivity index (χ2n) is 6.78. The van der Waals surface area contributed by atoms with Gasteiger partial charge in [0.05, 0.1) is 22.7 Å². The lowest BCUT2D eigenvalue weighted by molar-refractivity contribution is -0.122. The van der Waals surface area contributed by atoms with Crippen LogP contribution in [0.3, 0.4) is 0 Å². The van der Waals surface area contributed by atoms with Crippen LogP contribution in [0.5, 0.6) is 0 Å². The molecule has 4 nitrogen and oxygen atoms in total. The maximum Gasteiger partial charge on any atom is 0.267 e. The summed E-state index contributed by atoms with van der Waals surface area (Å²) < 4.78 is 0.535. The Morgan fingerprint density at radius 2 is 1.64 bits per heavy atom. The number of hydrogen-bond acceptors (Lipinski definition) is 4. The summed E-state index contributed by atoms with van der Waals surface area (Å²) >= 11 is 6.67. The second kappa shape index (κ2) is 7.89. The molecule has 0 spiro atoms. The van der Waals surface area contributed by atoms with E-state index in [0.717, 1.165) is 29.7 Å². The van der Waals surface area contributed by atoms with Crippen molar-refractivity contribution >= 4 is 51.4 Å². The Hall–Kier alpha value is -2.44. The van der Waals surface area contributed by atoms with Gasteiger partial charge in [0.25, 0.3) is 11.8 Å². The fraction of sp³-hybridized carbons (Fsp3) is 0.227. The molecule has 6 heteroatoms. The average Bonchev–Trinajstić information content (AvgIpc) is 3.14. The summed E-state index contributed by atoms with van der Waals surface area (Å²) in [6, 6.07) is 17.5. The second-order valence-corrected chi connectivity index (χ2v) is 8.42. The van der Waals surface area contributed by atoms with Crippen LogP contribution in [0.1, 0.15) is 30.9 Å². The van der Waals surface area contributed by atoms with Crippen LogP contribution in [-0.2, 0) is 16.1 Å². The number of carbonyl (C=O) groups is 2. The monoisotopic (exact) mass is 408 g/mol. The van der Waals surface area contributed by atoms with E-state index in [2.05, 4.69) is 6.92 Å². The van der Waals surface area contributed by atoms with Gasteiger partial charge >= 0.3 is 0 Å². The van der Waals surface area contributed by atoms with Gasteiger partial charge in [-0.05, 0) is 18.1 Å². The lowest BCUT2D eigenvalue weighted by Crippen LogP contribution is -2.30. The van der Waals surface area contributed by atoms with Gasteiger partial charge in [0, 0.05) is 12.1 Å². The van der Waals surface area contributed by atoms with Gasteiger partial charge < -0.3 is 4.90 Å². The van der Waals surface area contributed by atoms with Crippen molar-refractivity contribution in [3.05, 3.63) is 70.6 Å². The minimum absolute atomic E-state index is 0.138. The van der Waals surface area contributed by atoms with Crippen molar-refractivity contribution in [2.45, 2.75) is 26.3 Å². The highest BCUT2D eigenvalue weighted by Gasteiger charge is 2.41. The third kappa shape index (κ3) is 3.27. The number of carbonyl (C=O) groups excluding carboxylic acids is 2. The number of benzene rings is 2. The fourth-order valence-corrected chi connectivity index (χ4v) is 4.86. The lowest BCUT2D eigenvalue weighted by atomic mass is 10.1. The number of amides is 2. The number of rotatable bonds is 5. The Balaban J connectivity index is 1.74. The smallest absolute Gasteiger partial charge is 0.267 e. The fourth-order valence-electron chi connectivity index (χ4n) is 3.48. The third-order valence-corrected chi connectivity index (χ3v) is 6.37. The van der Waals surface area contributed by atoms with Crippen LogP contribution in [-0.4, -0.2) is 27.6 Å². The molecule has 2 amide bonds. The minimum Gasteiger partial charge on any atom is -0.303 e. The number of thioether (sulfide) groups is 1. The zero-order valence-electron chi connectivity index (χ0n) is 15.6. The summed E-state index contributed by atoms with van der Waals surface area (Å²) in [4.78, 5) is 30.2. The summed E-state index contributed by atoms with van der Waals surface area (Å²) in [6.45, 7) is 3.14. The van der Waals surface area contributed by atoms with Crippen LogP contribution in [0.15, 0.2) is 59.5 Å². The molecule has 0 atom stereocenters. The first kappa shape index (κ1) is 18.9. The first-order valence-electron chi connectivity index (χ1n) is 9.35. The molecule has 2 heterocycles. The summed E-state index contributed by atoms with van der Waals surface area (Å²) in [6.07, 6.45) is 1.87. The summed E-state index contributed by atoms with van der Waals surface area (Å²) in [5, 5.41) is 0. The van der Waals surface area contributed by atoms with Crippen LogP contribution in [0.2, 0.25) is 0 Å². The zero-order valence-corrected chi connectivity index (χ0v) is 17.2. The summed E-state index contributed by atoms with van der Waals surface area (Å²) in [5.74, 6) is -0.288. The maximum atomic E-state index is 13.4. The van der Waals surface area contributed by atoms with Crippen LogP contribution in [0, 0.1) is 0 Å². The van der Waals surface area contributed by atoms with Gasteiger partial charge in [-0.1, -0.05) is 85.9 Å². The van der Waals surface area contributed by atoms with E-state index in [4.69, 9.17) is 12.2 Å². The van der Waals surface area contributed by atoms with E-state index in [9.17, 15) is 9.59 Å². The van der Waals surface area contributed by atoms with Crippen LogP contribution in [0.25, 0.3) is 5.57 Å². The Morgan fingerprint density at radius 1 is 0.929 bits per heavy atom. The Bertz CT molecular complexity index is 985. The predicted octanol–water partition coefficient (Wildman–Crippen LogP) is 4.60. The topological polar surface area (TPSA) is 40.6 Å². The van der Waals surface area contributed by atoms with Gasteiger partial charge in [-0.2, -0.15) is 0 Å². The molecule has 0 N–H and O–H groups in total. The number of fused-ring (bicyclic) bond motifs is 1. The van der Waals surface area contributed by atoms with E-state index < -0.39 is 0 Å². The van der Waals surface area contributed by atoms with Gasteiger partial charge in [-0.25, -0.2) is 0 Å². The molecule has 0 saturated carbocycles. The number of anilines is 1. The van der Waals surface area contributed by atoms with Crippen molar-refractivity contribution in [3.8, 4) is 0 Å². The van der Waals surface area contributed by atoms with Gasteiger partial charge in [-0.3, -0.25) is 14.5 Å². The standard InChI is InChI=1S/C22H20N2O2S2/c1-2-3-13-23-21(26)19(28-22(23)27)18-16-11-7-8-12-17(16)24(20(18)25)14-15-9-5-4-6-10-15/h4-12H,2-3,13-14H2,1H3/b19-18-. The highest BCUT2D eigenvalue weighted by molar-refractivity contribution is 8.26. The summed E-state index contributed by atoms with van der Waals surface area (Å²) in [7, 11) is 0. The average molecular weight is 409 g/mol. The molecule has 4 rings (SSSR count). The summed E-state index contributed by atoms with van der Waals surface area (Å²) in [5.41, 5.74) is 3.16. The molecule has 2 aliphatic rings. The number of unbranched alkanes of at least 4 members (excludes halogenated alkanes) is 1. The van der Waals surface area contributed by atoms with Crippen LogP contribution >= 0.6 is 24.0 Å². The first-order valence-corrected chi connectivity index (χ1v) is 10.6. The van der Waals surface area contributed by atoms with Crippen molar-refractivity contribution in [2.75, 3.05) is 11.4 Å². The zero-order chi connectivity index (χ0) is 19.7. The van der Waals surface area contributed by atoms with Crippen molar-refractivity contribution in [1.82, 2.24) is 4.90 Å². The normalized spacial score (nSPS) is 19.0. The van der Waals surface area contributed by atoms with Gasteiger partial charge in [-0.15, -0.1) is 0 Å². The van der Waals surface area contributed by atoms with Crippen LogP contribution in [0.4, 0.5) is 5.69 Å². The Kier molecular flexibility index (Phi) is 5.33. The molecule has 2 aliphatic heterocycles. The molecule has 0 aromatic heterocycles. The van der Waals surface area contributed by atoms with Crippen molar-refractivity contribution in [1.29, 1.82) is 0 Å². The van der Waals surface area contributed by atoms with E-state index in [0.29, 0.717) is 27.9 Å². The molecular formula is C22H20N2O2S2. The molecule has 28 heavy (non-hydrogen) atoms. The van der Waals surface area contributed by atoms with E-state index in [1.165, 1.54) is 11.8 Å². The molecule has 0 radical (unpaired) electrons. The number of para-hydroxylation sites is 1. The molecule has 0 bridgehead atoms. The highest BCUT2D eigenvalue weighted by Crippen LogP contribution is 2.45. The van der Waals surface area contributed by atoms with E-state index in [-0.39, 0.29) is 11.8 Å². The van der Waals surface area contributed by atoms with E-state index in [1.54, 1.807) is 9.80 Å². The van der Waals surface area contributed by atoms with Crippen LogP contribution < -0.4 is 4.90 Å². The predicted molar refractivity (Wildman–Crippen MR) is 118 cm³/mol. The molecule has 0 unspecified atom stereocenters. The highest BCUT2D eigenvalue weighted by atomic mass is 32.2. The lowest BCUT2D eigenvalue weighted by Gasteiger charge is -2.17. The largest absolute Gasteiger partial charge is 0.303 e. The third-order valence-electron chi connectivity index (χ3n) is 4.92. The maximum absolute atomic E-state index is 13.4. The molecule has 142 valence electrons. The molecule has 2 aromatic carbocycles. The van der Waals surface area contributed by atoms with Crippen molar-refractivity contribution < 1.29 is 9.59 Å². The minimum atomic E-state index is -0.150. The number of nitrogens with zero attached hydrogens (tertiary/aromatic N) is 2. The Labute approximate surface area is 174 Å².